The zero-order valence-electron chi connectivity index (χ0n) is 17.4. The van der Waals surface area contributed by atoms with Crippen LogP contribution in [-0.4, -0.2) is 41.7 Å². The normalized spacial score (nSPS) is 9.94. The Balaban J connectivity index is 0.000000534. The third kappa shape index (κ3) is 7.92. The van der Waals surface area contributed by atoms with Crippen molar-refractivity contribution in [3.05, 3.63) is 96.1 Å². The van der Waals surface area contributed by atoms with Gasteiger partial charge in [-0.15, -0.1) is 0 Å². The van der Waals surface area contributed by atoms with Gasteiger partial charge in [0.25, 0.3) is 0 Å². The molecule has 32 heavy (non-hydrogen) atoms. The number of carboxylic acid groups (broad SMARTS) is 2. The fourth-order valence-electron chi connectivity index (χ4n) is 2.79. The van der Waals surface area contributed by atoms with Gasteiger partial charge >= 0.3 is 11.9 Å². The van der Waals surface area contributed by atoms with Crippen LogP contribution in [0.25, 0.3) is 0 Å². The van der Waals surface area contributed by atoms with Crippen molar-refractivity contribution in [2.45, 2.75) is 6.04 Å². The Morgan fingerprint density at radius 1 is 0.781 bits per heavy atom. The van der Waals surface area contributed by atoms with E-state index in [0.29, 0.717) is 0 Å². The number of benzene rings is 3. The lowest BCUT2D eigenvalue weighted by molar-refractivity contribution is -0.159. The third-order valence-electron chi connectivity index (χ3n) is 4.29. The fraction of sp³-hybridized carbons (Fsp3) is 0.125. The van der Waals surface area contributed by atoms with Crippen molar-refractivity contribution in [1.29, 1.82) is 0 Å². The number of hydrogen-bond donors (Lipinski definition) is 4. The van der Waals surface area contributed by atoms with Crippen LogP contribution < -0.4 is 15.4 Å². The Morgan fingerprint density at radius 2 is 1.25 bits per heavy atom. The van der Waals surface area contributed by atoms with E-state index in [1.54, 1.807) is 7.11 Å². The van der Waals surface area contributed by atoms with Gasteiger partial charge in [-0.2, -0.15) is 0 Å². The van der Waals surface area contributed by atoms with Crippen molar-refractivity contribution in [2.24, 2.45) is 0 Å². The number of amides is 1. The zero-order valence-corrected chi connectivity index (χ0v) is 17.4. The van der Waals surface area contributed by atoms with Crippen molar-refractivity contribution >= 4 is 23.5 Å². The van der Waals surface area contributed by atoms with Crippen LogP contribution in [0.15, 0.2) is 84.9 Å². The van der Waals surface area contributed by atoms with Gasteiger partial charge in [-0.25, -0.2) is 9.59 Å². The molecule has 0 aliphatic rings. The summed E-state index contributed by atoms with van der Waals surface area (Å²) in [5.41, 5.74) is 2.99. The van der Waals surface area contributed by atoms with Crippen LogP contribution in [-0.2, 0) is 14.4 Å². The van der Waals surface area contributed by atoms with E-state index in [-0.39, 0.29) is 18.5 Å². The first kappa shape index (κ1) is 24.1. The molecule has 3 aromatic rings. The zero-order chi connectivity index (χ0) is 23.3. The summed E-state index contributed by atoms with van der Waals surface area (Å²) in [4.78, 5) is 30.5. The minimum absolute atomic E-state index is 0.0426. The van der Waals surface area contributed by atoms with Gasteiger partial charge in [0, 0.05) is 5.69 Å². The third-order valence-corrected chi connectivity index (χ3v) is 4.29. The second-order valence-electron chi connectivity index (χ2n) is 6.52. The second-order valence-corrected chi connectivity index (χ2v) is 6.52. The number of carbonyl (C=O) groups excluding carboxylic acids is 1. The molecule has 0 saturated heterocycles. The highest BCUT2D eigenvalue weighted by atomic mass is 16.5. The Bertz CT molecular complexity index is 956. The van der Waals surface area contributed by atoms with Gasteiger partial charge in [-0.05, 0) is 35.4 Å². The number of aliphatic carboxylic acids is 2. The average Bonchev–Trinajstić information content (AvgIpc) is 2.81. The first-order chi connectivity index (χ1) is 15.4. The Kier molecular flexibility index (Phi) is 9.42. The highest BCUT2D eigenvalue weighted by Gasteiger charge is 2.14. The maximum Gasteiger partial charge on any atom is 0.414 e. The molecular formula is C24H24N2O6. The highest BCUT2D eigenvalue weighted by molar-refractivity contribution is 6.27. The van der Waals surface area contributed by atoms with Crippen LogP contribution in [0.5, 0.6) is 5.75 Å². The van der Waals surface area contributed by atoms with Crippen LogP contribution in [0.1, 0.15) is 17.2 Å². The molecule has 0 heterocycles. The maximum absolute atomic E-state index is 12.3. The molecule has 4 N–H and O–H groups in total. The van der Waals surface area contributed by atoms with E-state index in [1.165, 1.54) is 0 Å². The summed E-state index contributed by atoms with van der Waals surface area (Å²) >= 11 is 0. The summed E-state index contributed by atoms with van der Waals surface area (Å²) in [6, 6.07) is 27.5. The second kappa shape index (κ2) is 12.5. The standard InChI is InChI=1S/C22H22N2O2.C2H2O4/c1-26-20-14-12-19(13-15-20)24-21(25)16-23-22(17-8-4-2-5-9-17)18-10-6-3-7-11-18;3-1(4)2(5)6/h2-15,22-23H,16H2,1H3,(H,24,25);(H,3,4)(H,5,6). The molecular weight excluding hydrogens is 412 g/mol. The maximum atomic E-state index is 12.3. The molecule has 0 unspecified atom stereocenters. The van der Waals surface area contributed by atoms with E-state index < -0.39 is 11.9 Å². The van der Waals surface area contributed by atoms with Crippen molar-refractivity contribution in [3.63, 3.8) is 0 Å². The number of carboxylic acids is 2. The monoisotopic (exact) mass is 436 g/mol. The minimum atomic E-state index is -1.82. The molecule has 166 valence electrons. The van der Waals surface area contributed by atoms with E-state index >= 15 is 0 Å². The Morgan fingerprint density at radius 3 is 1.66 bits per heavy atom. The number of hydrogen-bond acceptors (Lipinski definition) is 5. The molecule has 0 fully saturated rings. The molecule has 0 aliphatic heterocycles. The van der Waals surface area contributed by atoms with Crippen LogP contribution in [0.3, 0.4) is 0 Å². The Hall–Kier alpha value is -4.17. The molecule has 0 bridgehead atoms. The summed E-state index contributed by atoms with van der Waals surface area (Å²) in [5, 5.41) is 21.0. The van der Waals surface area contributed by atoms with Gasteiger partial charge in [0.15, 0.2) is 0 Å². The molecule has 0 aliphatic carbocycles. The number of nitrogens with one attached hydrogen (secondary N) is 2. The SMILES string of the molecule is COc1ccc(NC(=O)CNC(c2ccccc2)c2ccccc2)cc1.O=C(O)C(=O)O. The van der Waals surface area contributed by atoms with Crippen LogP contribution >= 0.6 is 0 Å². The predicted octanol–water partition coefficient (Wildman–Crippen LogP) is 3.17. The molecule has 0 radical (unpaired) electrons. The number of rotatable bonds is 7. The summed E-state index contributed by atoms with van der Waals surface area (Å²) in [6.07, 6.45) is 0. The van der Waals surface area contributed by atoms with Gasteiger partial charge in [-0.3, -0.25) is 10.1 Å². The molecule has 0 atom stereocenters. The average molecular weight is 436 g/mol. The van der Waals surface area contributed by atoms with Crippen LogP contribution in [0.2, 0.25) is 0 Å². The van der Waals surface area contributed by atoms with E-state index in [0.717, 1.165) is 22.6 Å². The number of ether oxygens (including phenoxy) is 1. The highest BCUT2D eigenvalue weighted by Crippen LogP contribution is 2.21. The Labute approximate surface area is 185 Å². The fourth-order valence-corrected chi connectivity index (χ4v) is 2.79. The number of methoxy groups -OCH3 is 1. The lowest BCUT2D eigenvalue weighted by Gasteiger charge is -2.19. The minimum Gasteiger partial charge on any atom is -0.497 e. The summed E-state index contributed by atoms with van der Waals surface area (Å²) in [7, 11) is 1.62. The van der Waals surface area contributed by atoms with Crippen molar-refractivity contribution in [3.8, 4) is 5.75 Å². The molecule has 1 amide bonds. The van der Waals surface area contributed by atoms with Gasteiger partial charge in [0.05, 0.1) is 19.7 Å². The summed E-state index contributed by atoms with van der Waals surface area (Å²) in [5.74, 6) is -2.98. The smallest absolute Gasteiger partial charge is 0.414 e. The van der Waals surface area contributed by atoms with Crippen LogP contribution in [0.4, 0.5) is 5.69 Å². The molecule has 0 spiro atoms. The van der Waals surface area contributed by atoms with Crippen molar-refractivity contribution < 1.29 is 29.3 Å². The van der Waals surface area contributed by atoms with Gasteiger partial charge < -0.3 is 20.3 Å². The van der Waals surface area contributed by atoms with E-state index in [1.807, 2.05) is 60.7 Å². The van der Waals surface area contributed by atoms with Crippen molar-refractivity contribution in [2.75, 3.05) is 19.0 Å². The number of anilines is 1. The lowest BCUT2D eigenvalue weighted by Crippen LogP contribution is -2.31. The van der Waals surface area contributed by atoms with Gasteiger partial charge in [0.2, 0.25) is 5.91 Å². The van der Waals surface area contributed by atoms with E-state index in [9.17, 15) is 4.79 Å². The van der Waals surface area contributed by atoms with Gasteiger partial charge in [0.1, 0.15) is 5.75 Å². The predicted molar refractivity (Wildman–Crippen MR) is 120 cm³/mol. The first-order valence-electron chi connectivity index (χ1n) is 9.64. The topological polar surface area (TPSA) is 125 Å². The molecule has 8 heteroatoms. The summed E-state index contributed by atoms with van der Waals surface area (Å²) in [6.45, 7) is 0.209. The first-order valence-corrected chi connectivity index (χ1v) is 9.64. The van der Waals surface area contributed by atoms with Crippen LogP contribution in [0, 0.1) is 0 Å². The molecule has 0 saturated carbocycles. The molecule has 0 aromatic heterocycles. The number of carbonyl (C=O) groups is 3. The summed E-state index contributed by atoms with van der Waals surface area (Å²) < 4.78 is 5.13. The molecule has 3 aromatic carbocycles. The van der Waals surface area contributed by atoms with Gasteiger partial charge in [-0.1, -0.05) is 60.7 Å². The lowest BCUT2D eigenvalue weighted by atomic mass is 9.99. The van der Waals surface area contributed by atoms with Crippen molar-refractivity contribution in [1.82, 2.24) is 5.32 Å². The molecule has 3 rings (SSSR count). The largest absolute Gasteiger partial charge is 0.497 e. The molecule has 8 nitrogen and oxygen atoms in total. The van der Waals surface area contributed by atoms with E-state index in [4.69, 9.17) is 24.5 Å². The van der Waals surface area contributed by atoms with E-state index in [2.05, 4.69) is 34.9 Å². The quantitative estimate of drug-likeness (QED) is 0.419.